The van der Waals surface area contributed by atoms with Crippen LogP contribution in [-0.2, 0) is 14.9 Å². The van der Waals surface area contributed by atoms with E-state index < -0.39 is 28.0 Å². The summed E-state index contributed by atoms with van der Waals surface area (Å²) in [5.41, 5.74) is 0. The summed E-state index contributed by atoms with van der Waals surface area (Å²) in [6.07, 6.45) is 55.3. The summed E-state index contributed by atoms with van der Waals surface area (Å²) in [6.45, 7) is 4.52. The molecule has 0 radical (unpaired) electrons. The summed E-state index contributed by atoms with van der Waals surface area (Å²) in [5, 5.41) is 13.4. The van der Waals surface area contributed by atoms with Crippen molar-refractivity contribution in [2.75, 3.05) is 5.75 Å². The molecule has 0 aromatic rings. The van der Waals surface area contributed by atoms with E-state index in [1.54, 1.807) is 0 Å². The average molecular weight is 794 g/mol. The molecule has 0 spiro atoms. The predicted molar refractivity (Wildman–Crippen MR) is 239 cm³/mol. The predicted octanol–water partition coefficient (Wildman–Crippen LogP) is 14.5. The molecule has 0 aliphatic carbocycles. The van der Waals surface area contributed by atoms with Gasteiger partial charge in [0.2, 0.25) is 5.91 Å². The zero-order valence-corrected chi connectivity index (χ0v) is 37.1. The third-order valence-electron chi connectivity index (χ3n) is 10.8. The number of rotatable bonds is 43. The first-order chi connectivity index (χ1) is 26.8. The SMILES string of the molecule is CCCCC/C=C\C/C=C\C/C=C\CCCCCCCCC(=O)NC(CS(=O)(=O)O)C(O)CCCCCCCCCCCCCCCCCCCCCCC. The monoisotopic (exact) mass is 794 g/mol. The van der Waals surface area contributed by atoms with Gasteiger partial charge in [0.1, 0.15) is 0 Å². The lowest BCUT2D eigenvalue weighted by molar-refractivity contribution is -0.122. The highest BCUT2D eigenvalue weighted by Crippen LogP contribution is 2.17. The van der Waals surface area contributed by atoms with Crippen LogP contribution in [0.3, 0.4) is 0 Å². The van der Waals surface area contributed by atoms with Gasteiger partial charge in [-0.15, -0.1) is 0 Å². The molecule has 3 N–H and O–H groups in total. The molecule has 6 nitrogen and oxygen atoms in total. The van der Waals surface area contributed by atoms with Crippen LogP contribution in [0.4, 0.5) is 0 Å². The second kappa shape index (κ2) is 42.2. The molecule has 0 aliphatic heterocycles. The maximum Gasteiger partial charge on any atom is 0.266 e. The normalized spacial score (nSPS) is 13.5. The van der Waals surface area contributed by atoms with Crippen LogP contribution in [0.15, 0.2) is 36.5 Å². The van der Waals surface area contributed by atoms with Gasteiger partial charge in [-0.2, -0.15) is 8.42 Å². The summed E-state index contributed by atoms with van der Waals surface area (Å²) in [5.74, 6) is -0.908. The fourth-order valence-electron chi connectivity index (χ4n) is 7.29. The Bertz CT molecular complexity index is 1010. The van der Waals surface area contributed by atoms with Crippen LogP contribution in [0.25, 0.3) is 0 Å². The quantitative estimate of drug-likeness (QED) is 0.0324. The largest absolute Gasteiger partial charge is 0.391 e. The van der Waals surface area contributed by atoms with Gasteiger partial charge in [0.15, 0.2) is 0 Å². The van der Waals surface area contributed by atoms with Gasteiger partial charge in [0, 0.05) is 6.42 Å². The molecule has 0 rings (SSSR count). The van der Waals surface area contributed by atoms with E-state index >= 15 is 0 Å². The summed E-state index contributed by atoms with van der Waals surface area (Å²) < 4.78 is 32.7. The fourth-order valence-corrected chi connectivity index (χ4v) is 8.05. The molecule has 0 bridgehead atoms. The van der Waals surface area contributed by atoms with Gasteiger partial charge in [-0.05, 0) is 51.4 Å². The summed E-state index contributed by atoms with van der Waals surface area (Å²) in [6, 6.07) is -0.978. The van der Waals surface area contributed by atoms with Crippen molar-refractivity contribution in [3.63, 3.8) is 0 Å². The van der Waals surface area contributed by atoms with Crippen molar-refractivity contribution in [2.45, 2.75) is 257 Å². The van der Waals surface area contributed by atoms with E-state index in [-0.39, 0.29) is 5.91 Å². The second-order valence-electron chi connectivity index (χ2n) is 16.4. The molecule has 0 saturated carbocycles. The minimum absolute atomic E-state index is 0.256. The van der Waals surface area contributed by atoms with Crippen molar-refractivity contribution in [1.29, 1.82) is 0 Å². The molecule has 0 aromatic carbocycles. The average Bonchev–Trinajstić information content (AvgIpc) is 3.15. The molecule has 0 heterocycles. The van der Waals surface area contributed by atoms with Crippen LogP contribution in [0.2, 0.25) is 0 Å². The molecule has 324 valence electrons. The van der Waals surface area contributed by atoms with E-state index in [2.05, 4.69) is 55.6 Å². The molecule has 2 unspecified atom stereocenters. The number of hydrogen-bond donors (Lipinski definition) is 3. The third-order valence-corrected chi connectivity index (χ3v) is 11.6. The van der Waals surface area contributed by atoms with Crippen molar-refractivity contribution < 1.29 is 22.9 Å². The van der Waals surface area contributed by atoms with Crippen molar-refractivity contribution in [3.05, 3.63) is 36.5 Å². The lowest BCUT2D eigenvalue weighted by atomic mass is 10.0. The Kier molecular flexibility index (Phi) is 41.1. The highest BCUT2D eigenvalue weighted by molar-refractivity contribution is 7.85. The molecule has 55 heavy (non-hydrogen) atoms. The Balaban J connectivity index is 3.81. The highest BCUT2D eigenvalue weighted by Gasteiger charge is 2.26. The number of carbonyl (C=O) groups excluding carboxylic acids is 1. The van der Waals surface area contributed by atoms with Crippen molar-refractivity contribution >= 4 is 16.0 Å². The minimum atomic E-state index is -4.32. The zero-order valence-electron chi connectivity index (χ0n) is 36.3. The Morgan fingerprint density at radius 2 is 0.818 bits per heavy atom. The van der Waals surface area contributed by atoms with E-state index in [0.717, 1.165) is 64.2 Å². The van der Waals surface area contributed by atoms with Crippen LogP contribution >= 0.6 is 0 Å². The summed E-state index contributed by atoms with van der Waals surface area (Å²) in [7, 11) is -4.32. The molecule has 1 amide bonds. The molecule has 0 aromatic heterocycles. The van der Waals surface area contributed by atoms with Crippen LogP contribution in [0.5, 0.6) is 0 Å². The molecule has 7 heteroatoms. The van der Waals surface area contributed by atoms with E-state index in [1.807, 2.05) is 0 Å². The second-order valence-corrected chi connectivity index (χ2v) is 17.9. The van der Waals surface area contributed by atoms with Crippen molar-refractivity contribution in [3.8, 4) is 0 Å². The van der Waals surface area contributed by atoms with Gasteiger partial charge in [-0.3, -0.25) is 9.35 Å². The maximum absolute atomic E-state index is 12.6. The number of aliphatic hydroxyl groups excluding tert-OH is 1. The smallest absolute Gasteiger partial charge is 0.266 e. The van der Waals surface area contributed by atoms with Gasteiger partial charge >= 0.3 is 0 Å². The number of nitrogens with one attached hydrogen (secondary N) is 1. The Labute approximate surface area is 342 Å². The Morgan fingerprint density at radius 3 is 1.24 bits per heavy atom. The van der Waals surface area contributed by atoms with Gasteiger partial charge < -0.3 is 10.4 Å². The van der Waals surface area contributed by atoms with Crippen LogP contribution in [-0.4, -0.2) is 41.9 Å². The third kappa shape index (κ3) is 43.5. The number of amides is 1. The first-order valence-electron chi connectivity index (χ1n) is 23.7. The van der Waals surface area contributed by atoms with Gasteiger partial charge in [0.25, 0.3) is 10.1 Å². The number of unbranched alkanes of at least 4 members (excludes halogenated alkanes) is 29. The minimum Gasteiger partial charge on any atom is -0.391 e. The van der Waals surface area contributed by atoms with Crippen LogP contribution in [0, 0.1) is 0 Å². The fraction of sp³-hybridized carbons (Fsp3) is 0.854. The molecular weight excluding hydrogens is 703 g/mol. The topological polar surface area (TPSA) is 104 Å². The number of carbonyl (C=O) groups is 1. The van der Waals surface area contributed by atoms with Gasteiger partial charge in [-0.1, -0.05) is 224 Å². The van der Waals surface area contributed by atoms with E-state index in [1.165, 1.54) is 154 Å². The van der Waals surface area contributed by atoms with Crippen molar-refractivity contribution in [2.24, 2.45) is 0 Å². The van der Waals surface area contributed by atoms with E-state index in [0.29, 0.717) is 12.8 Å². The molecular formula is C48H91NO5S. The van der Waals surface area contributed by atoms with Crippen molar-refractivity contribution in [1.82, 2.24) is 5.32 Å². The van der Waals surface area contributed by atoms with E-state index in [9.17, 15) is 22.9 Å². The Morgan fingerprint density at radius 1 is 0.491 bits per heavy atom. The number of allylic oxidation sites excluding steroid dienone is 6. The van der Waals surface area contributed by atoms with Gasteiger partial charge in [0.05, 0.1) is 17.9 Å². The highest BCUT2D eigenvalue weighted by atomic mass is 32.2. The molecule has 2 atom stereocenters. The Hall–Kier alpha value is -1.44. The summed E-state index contributed by atoms with van der Waals surface area (Å²) in [4.78, 5) is 12.6. The van der Waals surface area contributed by atoms with Crippen LogP contribution < -0.4 is 5.32 Å². The first kappa shape index (κ1) is 53.6. The zero-order chi connectivity index (χ0) is 40.3. The summed E-state index contributed by atoms with van der Waals surface area (Å²) >= 11 is 0. The standard InChI is InChI=1S/C48H91NO5S/c1-3-5-7-9-11-13-15-17-19-21-23-24-26-27-29-31-33-35-37-39-41-43-47(50)46(45-55(52,53)54)49-48(51)44-42-40-38-36-34-32-30-28-25-22-20-18-16-14-12-10-8-6-4-2/h12,14,18,20,25,28,46-47,50H,3-11,13,15-17,19,21-24,26-27,29-45H2,1-2H3,(H,49,51)(H,52,53,54)/b14-12-,20-18-,28-25-. The van der Waals surface area contributed by atoms with Gasteiger partial charge in [-0.25, -0.2) is 0 Å². The lowest BCUT2D eigenvalue weighted by Crippen LogP contribution is -2.47. The number of aliphatic hydroxyl groups is 1. The molecule has 0 aliphatic rings. The van der Waals surface area contributed by atoms with Crippen LogP contribution in [0.1, 0.15) is 245 Å². The molecule has 0 saturated heterocycles. The number of hydrogen-bond acceptors (Lipinski definition) is 4. The maximum atomic E-state index is 12.6. The molecule has 0 fully saturated rings. The first-order valence-corrected chi connectivity index (χ1v) is 25.3. The van der Waals surface area contributed by atoms with E-state index in [4.69, 9.17) is 0 Å². The lowest BCUT2D eigenvalue weighted by Gasteiger charge is -2.23.